The van der Waals surface area contributed by atoms with E-state index in [-0.39, 0.29) is 12.3 Å². The van der Waals surface area contributed by atoms with Crippen molar-refractivity contribution in [3.63, 3.8) is 0 Å². The minimum Gasteiger partial charge on any atom is -0.357 e. The van der Waals surface area contributed by atoms with Crippen molar-refractivity contribution in [2.75, 3.05) is 50.0 Å². The first-order valence-corrected chi connectivity index (χ1v) is 11.9. The second-order valence-electron chi connectivity index (χ2n) is 5.34. The molecule has 1 aromatic heterocycles. The molecule has 0 bridgehead atoms. The van der Waals surface area contributed by atoms with Crippen molar-refractivity contribution in [3.8, 4) is 0 Å². The van der Waals surface area contributed by atoms with Crippen molar-refractivity contribution in [2.45, 2.75) is 13.3 Å². The SMILES string of the molecule is CCNC(=NCCS(=O)(=O)N1CCSCC1)NCCc1cccs1. The van der Waals surface area contributed by atoms with Crippen LogP contribution in [0.2, 0.25) is 0 Å². The monoisotopic (exact) mass is 390 g/mol. The van der Waals surface area contributed by atoms with E-state index >= 15 is 0 Å². The third-order valence-electron chi connectivity index (χ3n) is 3.57. The van der Waals surface area contributed by atoms with E-state index in [1.807, 2.05) is 13.0 Å². The molecule has 0 atom stereocenters. The van der Waals surface area contributed by atoms with Gasteiger partial charge in [0.15, 0.2) is 5.96 Å². The van der Waals surface area contributed by atoms with E-state index in [0.717, 1.165) is 31.0 Å². The van der Waals surface area contributed by atoms with Gasteiger partial charge in [0.2, 0.25) is 10.0 Å². The van der Waals surface area contributed by atoms with E-state index < -0.39 is 10.0 Å². The first-order chi connectivity index (χ1) is 11.6. The van der Waals surface area contributed by atoms with Crippen LogP contribution in [0.4, 0.5) is 0 Å². The van der Waals surface area contributed by atoms with Gasteiger partial charge in [-0.25, -0.2) is 12.7 Å². The standard InChI is InChI=1S/C15H26N4O2S3/c1-2-16-15(17-6-5-14-4-3-10-23-14)18-7-13-24(20,21)19-8-11-22-12-9-19/h3-4,10H,2,5-9,11-13H2,1H3,(H2,16,17,18). The average molecular weight is 391 g/mol. The van der Waals surface area contributed by atoms with E-state index in [9.17, 15) is 8.42 Å². The lowest BCUT2D eigenvalue weighted by Gasteiger charge is -2.25. The first kappa shape index (κ1) is 19.6. The van der Waals surface area contributed by atoms with Gasteiger partial charge in [-0.15, -0.1) is 11.3 Å². The van der Waals surface area contributed by atoms with Gasteiger partial charge in [0.05, 0.1) is 12.3 Å². The summed E-state index contributed by atoms with van der Waals surface area (Å²) in [5.74, 6) is 2.52. The van der Waals surface area contributed by atoms with Gasteiger partial charge in [0.25, 0.3) is 0 Å². The van der Waals surface area contributed by atoms with Crippen LogP contribution in [-0.2, 0) is 16.4 Å². The fourth-order valence-electron chi connectivity index (χ4n) is 2.33. The third-order valence-corrected chi connectivity index (χ3v) is 7.30. The highest BCUT2D eigenvalue weighted by Gasteiger charge is 2.23. The molecule has 2 N–H and O–H groups in total. The lowest BCUT2D eigenvalue weighted by atomic mass is 10.3. The molecule has 1 aliphatic heterocycles. The zero-order chi connectivity index (χ0) is 17.3. The van der Waals surface area contributed by atoms with Gasteiger partial charge in [0.1, 0.15) is 0 Å². The Morgan fingerprint density at radius 1 is 1.33 bits per heavy atom. The van der Waals surface area contributed by atoms with Gasteiger partial charge < -0.3 is 10.6 Å². The molecule has 1 saturated heterocycles. The molecule has 2 heterocycles. The van der Waals surface area contributed by atoms with Gasteiger partial charge in [0, 0.05) is 42.6 Å². The Bertz CT molecular complexity index is 596. The van der Waals surface area contributed by atoms with Crippen molar-refractivity contribution in [3.05, 3.63) is 22.4 Å². The van der Waals surface area contributed by atoms with Crippen LogP contribution in [0, 0.1) is 0 Å². The molecule has 1 aliphatic rings. The molecule has 1 fully saturated rings. The van der Waals surface area contributed by atoms with Crippen LogP contribution in [0.15, 0.2) is 22.5 Å². The first-order valence-electron chi connectivity index (χ1n) is 8.22. The van der Waals surface area contributed by atoms with Crippen LogP contribution in [0.3, 0.4) is 0 Å². The van der Waals surface area contributed by atoms with Gasteiger partial charge in [-0.3, -0.25) is 4.99 Å². The molecule has 2 rings (SSSR count). The topological polar surface area (TPSA) is 73.8 Å². The number of sulfonamides is 1. The number of thioether (sulfide) groups is 1. The Morgan fingerprint density at radius 3 is 2.79 bits per heavy atom. The van der Waals surface area contributed by atoms with Gasteiger partial charge in [-0.1, -0.05) is 6.07 Å². The van der Waals surface area contributed by atoms with Crippen LogP contribution in [0.5, 0.6) is 0 Å². The maximum Gasteiger partial charge on any atom is 0.215 e. The smallest absolute Gasteiger partial charge is 0.215 e. The molecule has 0 spiro atoms. The van der Waals surface area contributed by atoms with Crippen LogP contribution < -0.4 is 10.6 Å². The zero-order valence-corrected chi connectivity index (χ0v) is 16.5. The molecule has 1 aromatic rings. The summed E-state index contributed by atoms with van der Waals surface area (Å²) in [4.78, 5) is 5.72. The maximum atomic E-state index is 12.3. The van der Waals surface area contributed by atoms with Crippen LogP contribution in [0.25, 0.3) is 0 Å². The minimum atomic E-state index is -3.19. The molecule has 6 nitrogen and oxygen atoms in total. The van der Waals surface area contributed by atoms with Crippen LogP contribution in [0.1, 0.15) is 11.8 Å². The summed E-state index contributed by atoms with van der Waals surface area (Å²) in [6, 6.07) is 4.16. The molecule has 9 heteroatoms. The van der Waals surface area contributed by atoms with E-state index in [1.54, 1.807) is 27.4 Å². The van der Waals surface area contributed by atoms with Crippen molar-refractivity contribution in [1.82, 2.24) is 14.9 Å². The van der Waals surface area contributed by atoms with Gasteiger partial charge >= 0.3 is 0 Å². The number of thiophene rings is 1. The highest BCUT2D eigenvalue weighted by molar-refractivity contribution is 7.99. The minimum absolute atomic E-state index is 0.0686. The molecule has 0 aromatic carbocycles. The largest absolute Gasteiger partial charge is 0.357 e. The summed E-state index contributed by atoms with van der Waals surface area (Å²) in [5.41, 5.74) is 0. The number of aliphatic imine (C=N–C) groups is 1. The molecular weight excluding hydrogens is 364 g/mol. The second-order valence-corrected chi connectivity index (χ2v) is 9.69. The highest BCUT2D eigenvalue weighted by atomic mass is 32.2. The molecule has 0 amide bonds. The Morgan fingerprint density at radius 2 is 2.12 bits per heavy atom. The highest BCUT2D eigenvalue weighted by Crippen LogP contribution is 2.13. The lowest BCUT2D eigenvalue weighted by molar-refractivity contribution is 0.444. The summed E-state index contributed by atoms with van der Waals surface area (Å²) in [6.45, 7) is 5.05. The summed E-state index contributed by atoms with van der Waals surface area (Å²) in [5, 5.41) is 8.49. The summed E-state index contributed by atoms with van der Waals surface area (Å²) in [6.07, 6.45) is 0.936. The van der Waals surface area contributed by atoms with Crippen molar-refractivity contribution >= 4 is 39.1 Å². The number of hydrogen-bond acceptors (Lipinski definition) is 5. The fourth-order valence-corrected chi connectivity index (χ4v) is 5.49. The van der Waals surface area contributed by atoms with Gasteiger partial charge in [-0.2, -0.15) is 11.8 Å². The molecule has 0 radical (unpaired) electrons. The van der Waals surface area contributed by atoms with Crippen LogP contribution >= 0.6 is 23.1 Å². The van der Waals surface area contributed by atoms with Gasteiger partial charge in [-0.05, 0) is 24.8 Å². The summed E-state index contributed by atoms with van der Waals surface area (Å²) >= 11 is 3.54. The normalized spacial score (nSPS) is 17.0. The summed E-state index contributed by atoms with van der Waals surface area (Å²) < 4.78 is 26.2. The zero-order valence-electron chi connectivity index (χ0n) is 14.0. The van der Waals surface area contributed by atoms with E-state index in [2.05, 4.69) is 27.1 Å². The lowest BCUT2D eigenvalue weighted by Crippen LogP contribution is -2.41. The molecular formula is C15H26N4O2S3. The quantitative estimate of drug-likeness (QED) is 0.516. The number of nitrogens with one attached hydrogen (secondary N) is 2. The molecule has 0 unspecified atom stereocenters. The van der Waals surface area contributed by atoms with Crippen molar-refractivity contribution in [1.29, 1.82) is 0 Å². The van der Waals surface area contributed by atoms with Crippen molar-refractivity contribution < 1.29 is 8.42 Å². The second kappa shape index (κ2) is 10.3. The third kappa shape index (κ3) is 6.62. The van der Waals surface area contributed by atoms with Crippen LogP contribution in [-0.4, -0.2) is 68.7 Å². The Kier molecular flexibility index (Phi) is 8.37. The number of rotatable bonds is 8. The van der Waals surface area contributed by atoms with E-state index in [4.69, 9.17) is 0 Å². The number of hydrogen-bond donors (Lipinski definition) is 2. The molecule has 0 saturated carbocycles. The Labute approximate surface area is 153 Å². The predicted octanol–water partition coefficient (Wildman–Crippen LogP) is 1.22. The molecule has 0 aliphatic carbocycles. The van der Waals surface area contributed by atoms with E-state index in [1.165, 1.54) is 4.88 Å². The Balaban J connectivity index is 1.78. The predicted molar refractivity (Wildman–Crippen MR) is 105 cm³/mol. The number of nitrogens with zero attached hydrogens (tertiary/aromatic N) is 2. The maximum absolute atomic E-state index is 12.3. The molecule has 136 valence electrons. The average Bonchev–Trinajstić information content (AvgIpc) is 3.09. The fraction of sp³-hybridized carbons (Fsp3) is 0.667. The van der Waals surface area contributed by atoms with Crippen molar-refractivity contribution in [2.24, 2.45) is 4.99 Å². The van der Waals surface area contributed by atoms with E-state index in [0.29, 0.717) is 19.0 Å². The summed E-state index contributed by atoms with van der Waals surface area (Å²) in [7, 11) is -3.19. The Hall–Kier alpha value is -0.770. The number of guanidine groups is 1. The molecule has 24 heavy (non-hydrogen) atoms.